The molecular formula is C25H49IN6. The lowest BCUT2D eigenvalue weighted by atomic mass is 9.84. The van der Waals surface area contributed by atoms with Gasteiger partial charge in [-0.3, -0.25) is 9.89 Å². The molecule has 4 fully saturated rings. The molecular weight excluding hydrogens is 511 g/mol. The topological polar surface area (TPSA) is 46.1 Å². The van der Waals surface area contributed by atoms with Gasteiger partial charge < -0.3 is 20.4 Å². The summed E-state index contributed by atoms with van der Waals surface area (Å²) in [7, 11) is 2.27. The summed E-state index contributed by atoms with van der Waals surface area (Å²) in [6, 6.07) is 1.44. The molecule has 0 radical (unpaired) electrons. The molecule has 4 aliphatic rings. The number of hydrogen-bond donors (Lipinski definition) is 2. The molecule has 0 bridgehead atoms. The summed E-state index contributed by atoms with van der Waals surface area (Å²) in [6.45, 7) is 11.5. The summed E-state index contributed by atoms with van der Waals surface area (Å²) < 4.78 is 0. The van der Waals surface area contributed by atoms with E-state index in [-0.39, 0.29) is 29.5 Å². The highest BCUT2D eigenvalue weighted by atomic mass is 127. The van der Waals surface area contributed by atoms with Crippen molar-refractivity contribution in [1.29, 1.82) is 0 Å². The van der Waals surface area contributed by atoms with E-state index in [2.05, 4.69) is 39.3 Å². The highest BCUT2D eigenvalue weighted by Gasteiger charge is 2.39. The molecule has 0 aromatic heterocycles. The Hall–Kier alpha value is -0.120. The number of rotatable bonds is 6. The van der Waals surface area contributed by atoms with Crippen LogP contribution in [0.25, 0.3) is 0 Å². The maximum Gasteiger partial charge on any atom is 0.191 e. The van der Waals surface area contributed by atoms with Crippen LogP contribution >= 0.6 is 24.0 Å². The Morgan fingerprint density at radius 3 is 2.16 bits per heavy atom. The van der Waals surface area contributed by atoms with Crippen molar-refractivity contribution < 1.29 is 0 Å². The van der Waals surface area contributed by atoms with Crippen LogP contribution < -0.4 is 10.6 Å². The third-order valence-corrected chi connectivity index (χ3v) is 8.53. The first kappa shape index (κ1) is 26.5. The van der Waals surface area contributed by atoms with Gasteiger partial charge in [-0.05, 0) is 91.5 Å². The second-order valence-electron chi connectivity index (χ2n) is 10.7. The van der Waals surface area contributed by atoms with E-state index in [9.17, 15) is 0 Å². The van der Waals surface area contributed by atoms with Gasteiger partial charge in [-0.1, -0.05) is 19.3 Å². The summed E-state index contributed by atoms with van der Waals surface area (Å²) in [6.07, 6.45) is 14.9. The standard InChI is InChI=1S/C25H48N6.HI/c1-3-26-24(28-22-11-17-30(18-12-22)23-9-5-6-10-23)27-21-25(13-19-29(2)20-14-25)31-15-7-4-8-16-31;/h22-23H,3-21H2,1-2H3,(H2,26,27,28);1H. The van der Waals surface area contributed by atoms with Crippen molar-refractivity contribution in [3.05, 3.63) is 0 Å². The highest BCUT2D eigenvalue weighted by Crippen LogP contribution is 2.32. The summed E-state index contributed by atoms with van der Waals surface area (Å²) >= 11 is 0. The molecule has 0 atom stereocenters. The lowest BCUT2D eigenvalue weighted by molar-refractivity contribution is 0.0207. The van der Waals surface area contributed by atoms with Crippen molar-refractivity contribution >= 4 is 29.9 Å². The van der Waals surface area contributed by atoms with E-state index >= 15 is 0 Å². The molecule has 32 heavy (non-hydrogen) atoms. The Balaban J connectivity index is 0.00000289. The van der Waals surface area contributed by atoms with Crippen molar-refractivity contribution in [3.63, 3.8) is 0 Å². The third kappa shape index (κ3) is 6.95. The number of nitrogens with one attached hydrogen (secondary N) is 2. The first-order chi connectivity index (χ1) is 15.2. The SMILES string of the molecule is CCNC(=NCC1(N2CCCCC2)CCN(C)CC1)NC1CCN(C2CCCC2)CC1.I. The van der Waals surface area contributed by atoms with Crippen LogP contribution in [0.15, 0.2) is 4.99 Å². The molecule has 0 aromatic rings. The lowest BCUT2D eigenvalue weighted by Gasteiger charge is -2.49. The van der Waals surface area contributed by atoms with Gasteiger partial charge in [0, 0.05) is 37.3 Å². The van der Waals surface area contributed by atoms with E-state index in [4.69, 9.17) is 4.99 Å². The minimum Gasteiger partial charge on any atom is -0.357 e. The highest BCUT2D eigenvalue weighted by molar-refractivity contribution is 14.0. The molecule has 3 saturated heterocycles. The van der Waals surface area contributed by atoms with Crippen LogP contribution in [0.3, 0.4) is 0 Å². The largest absolute Gasteiger partial charge is 0.357 e. The van der Waals surface area contributed by atoms with E-state index in [1.54, 1.807) is 0 Å². The van der Waals surface area contributed by atoms with E-state index in [1.807, 2.05) is 0 Å². The minimum atomic E-state index is 0. The smallest absolute Gasteiger partial charge is 0.191 e. The maximum atomic E-state index is 5.22. The Morgan fingerprint density at radius 2 is 1.53 bits per heavy atom. The van der Waals surface area contributed by atoms with Gasteiger partial charge in [-0.25, -0.2) is 0 Å². The van der Waals surface area contributed by atoms with Crippen LogP contribution in [-0.2, 0) is 0 Å². The Kier molecular flexibility index (Phi) is 10.8. The van der Waals surface area contributed by atoms with E-state index in [0.717, 1.165) is 25.1 Å². The fraction of sp³-hybridized carbons (Fsp3) is 0.960. The Bertz CT molecular complexity index is 557. The molecule has 0 amide bonds. The molecule has 0 spiro atoms. The van der Waals surface area contributed by atoms with Crippen LogP contribution in [0, 0.1) is 0 Å². The molecule has 2 N–H and O–H groups in total. The summed E-state index contributed by atoms with van der Waals surface area (Å²) in [5.41, 5.74) is 0.265. The van der Waals surface area contributed by atoms with Gasteiger partial charge in [0.05, 0.1) is 6.54 Å². The second-order valence-corrected chi connectivity index (χ2v) is 10.7. The molecule has 3 heterocycles. The van der Waals surface area contributed by atoms with Crippen LogP contribution in [0.2, 0.25) is 0 Å². The maximum absolute atomic E-state index is 5.22. The van der Waals surface area contributed by atoms with Gasteiger partial charge in [-0.15, -0.1) is 24.0 Å². The van der Waals surface area contributed by atoms with Gasteiger partial charge in [0.2, 0.25) is 0 Å². The molecule has 1 saturated carbocycles. The van der Waals surface area contributed by atoms with E-state index < -0.39 is 0 Å². The van der Waals surface area contributed by atoms with E-state index in [0.29, 0.717) is 6.04 Å². The number of aliphatic imine (C=N–C) groups is 1. The van der Waals surface area contributed by atoms with Crippen molar-refractivity contribution in [2.24, 2.45) is 4.99 Å². The fourth-order valence-corrected chi connectivity index (χ4v) is 6.40. The van der Waals surface area contributed by atoms with Crippen molar-refractivity contribution in [3.8, 4) is 0 Å². The molecule has 186 valence electrons. The van der Waals surface area contributed by atoms with Gasteiger partial charge in [0.25, 0.3) is 0 Å². The number of halogens is 1. The zero-order valence-electron chi connectivity index (χ0n) is 20.8. The molecule has 7 heteroatoms. The number of guanidine groups is 1. The van der Waals surface area contributed by atoms with Crippen LogP contribution in [0.5, 0.6) is 0 Å². The third-order valence-electron chi connectivity index (χ3n) is 8.53. The fourth-order valence-electron chi connectivity index (χ4n) is 6.40. The average Bonchev–Trinajstić information content (AvgIpc) is 3.35. The zero-order chi connectivity index (χ0) is 21.5. The lowest BCUT2D eigenvalue weighted by Crippen LogP contribution is -2.58. The van der Waals surface area contributed by atoms with E-state index in [1.165, 1.54) is 110 Å². The summed E-state index contributed by atoms with van der Waals surface area (Å²) in [5.74, 6) is 1.05. The number of hydrogen-bond acceptors (Lipinski definition) is 4. The first-order valence-electron chi connectivity index (χ1n) is 13.4. The summed E-state index contributed by atoms with van der Waals surface area (Å²) in [4.78, 5) is 13.3. The van der Waals surface area contributed by atoms with Crippen LogP contribution in [-0.4, -0.2) is 97.7 Å². The quantitative estimate of drug-likeness (QED) is 0.296. The average molecular weight is 561 g/mol. The molecule has 0 unspecified atom stereocenters. The molecule has 6 nitrogen and oxygen atoms in total. The predicted molar refractivity (Wildman–Crippen MR) is 146 cm³/mol. The first-order valence-corrected chi connectivity index (χ1v) is 13.4. The van der Waals surface area contributed by atoms with Crippen molar-refractivity contribution in [2.75, 3.05) is 59.4 Å². The van der Waals surface area contributed by atoms with Crippen molar-refractivity contribution in [1.82, 2.24) is 25.3 Å². The van der Waals surface area contributed by atoms with Gasteiger partial charge in [0.1, 0.15) is 0 Å². The monoisotopic (exact) mass is 560 g/mol. The van der Waals surface area contributed by atoms with Crippen LogP contribution in [0.4, 0.5) is 0 Å². The normalized spacial score (nSPS) is 27.2. The molecule has 0 aromatic carbocycles. The number of piperidine rings is 3. The second kappa shape index (κ2) is 13.1. The zero-order valence-corrected chi connectivity index (χ0v) is 23.1. The van der Waals surface area contributed by atoms with Gasteiger partial charge in [0.15, 0.2) is 5.96 Å². The molecule has 4 rings (SSSR count). The molecule has 1 aliphatic carbocycles. The van der Waals surface area contributed by atoms with Crippen LogP contribution in [0.1, 0.15) is 77.6 Å². The summed E-state index contributed by atoms with van der Waals surface area (Å²) in [5, 5.41) is 7.38. The van der Waals surface area contributed by atoms with Gasteiger partial charge >= 0.3 is 0 Å². The number of likely N-dealkylation sites (tertiary alicyclic amines) is 3. The number of nitrogens with zero attached hydrogens (tertiary/aromatic N) is 4. The van der Waals surface area contributed by atoms with Crippen molar-refractivity contribution in [2.45, 2.75) is 95.2 Å². The Labute approximate surface area is 214 Å². The minimum absolute atomic E-state index is 0. The predicted octanol–water partition coefficient (Wildman–Crippen LogP) is 3.52. The van der Waals surface area contributed by atoms with Gasteiger partial charge in [-0.2, -0.15) is 0 Å². The molecule has 3 aliphatic heterocycles. The Morgan fingerprint density at radius 1 is 0.875 bits per heavy atom.